The molecule has 5 heteroatoms. The Morgan fingerprint density at radius 1 is 0.444 bits per heavy atom. The Balaban J connectivity index is 1.07. The summed E-state index contributed by atoms with van der Waals surface area (Å²) in [6.45, 7) is 2.09. The quantitative estimate of drug-likeness (QED) is 0.155. The molecule has 0 saturated heterocycles. The van der Waals surface area contributed by atoms with Gasteiger partial charge in [0.2, 0.25) is 9.84 Å². The van der Waals surface area contributed by atoms with Crippen LogP contribution in [0.5, 0.6) is 17.2 Å². The standard InChI is InChI=1S/C40H34O4S/c1-29-3-5-30(6-4-29)27-31-7-13-34(14-8-31)35-15-23-39(24-16-35)45(41,42)40-25-21-38(22-26-40)44-37-19-11-33(12-20-37)28-32-9-17-36(43-2)18-10-32/h3-26H,27-28H2,1-2H3. The van der Waals surface area contributed by atoms with Crippen LogP contribution in [0.2, 0.25) is 0 Å². The van der Waals surface area contributed by atoms with Gasteiger partial charge in [-0.05, 0) is 114 Å². The fraction of sp³-hybridized carbons (Fsp3) is 0.100. The predicted molar refractivity (Wildman–Crippen MR) is 180 cm³/mol. The van der Waals surface area contributed by atoms with E-state index < -0.39 is 9.84 Å². The zero-order valence-electron chi connectivity index (χ0n) is 25.3. The van der Waals surface area contributed by atoms with E-state index in [1.54, 1.807) is 43.5 Å². The van der Waals surface area contributed by atoms with E-state index in [9.17, 15) is 8.42 Å². The minimum absolute atomic E-state index is 0.220. The van der Waals surface area contributed by atoms with Crippen molar-refractivity contribution in [3.8, 4) is 28.4 Å². The van der Waals surface area contributed by atoms with Crippen LogP contribution in [0.15, 0.2) is 155 Å². The number of benzene rings is 6. The molecule has 0 aromatic heterocycles. The Kier molecular flexibility index (Phi) is 8.81. The SMILES string of the molecule is COc1ccc(Cc2ccc(Oc3ccc(S(=O)(=O)c4ccc(-c5ccc(Cc6ccc(C)cc6)cc5)cc4)cc3)cc2)cc1. The molecule has 0 saturated carbocycles. The second-order valence-corrected chi connectivity index (χ2v) is 13.1. The van der Waals surface area contributed by atoms with Crippen LogP contribution in [-0.2, 0) is 22.7 Å². The van der Waals surface area contributed by atoms with E-state index in [1.165, 1.54) is 22.3 Å². The van der Waals surface area contributed by atoms with Gasteiger partial charge in [-0.3, -0.25) is 0 Å². The van der Waals surface area contributed by atoms with Crippen molar-refractivity contribution in [2.75, 3.05) is 7.11 Å². The van der Waals surface area contributed by atoms with Crippen molar-refractivity contribution in [1.82, 2.24) is 0 Å². The van der Waals surface area contributed by atoms with Crippen LogP contribution >= 0.6 is 0 Å². The lowest BCUT2D eigenvalue weighted by atomic mass is 10.00. The van der Waals surface area contributed by atoms with Gasteiger partial charge in [0.1, 0.15) is 17.2 Å². The zero-order valence-corrected chi connectivity index (χ0v) is 26.1. The van der Waals surface area contributed by atoms with Crippen LogP contribution in [0.4, 0.5) is 0 Å². The minimum atomic E-state index is -3.68. The van der Waals surface area contributed by atoms with Gasteiger partial charge in [0, 0.05) is 0 Å². The molecule has 0 radical (unpaired) electrons. The first-order chi connectivity index (χ1) is 21.9. The molecule has 224 valence electrons. The second-order valence-electron chi connectivity index (χ2n) is 11.1. The highest BCUT2D eigenvalue weighted by Crippen LogP contribution is 2.29. The molecule has 45 heavy (non-hydrogen) atoms. The summed E-state index contributed by atoms with van der Waals surface area (Å²) in [6, 6.07) is 46.5. The van der Waals surface area contributed by atoms with Gasteiger partial charge >= 0.3 is 0 Å². The van der Waals surface area contributed by atoms with Crippen LogP contribution in [0.1, 0.15) is 27.8 Å². The number of hydrogen-bond donors (Lipinski definition) is 0. The fourth-order valence-electron chi connectivity index (χ4n) is 5.20. The lowest BCUT2D eigenvalue weighted by Crippen LogP contribution is -2.01. The number of hydrogen-bond acceptors (Lipinski definition) is 4. The molecule has 0 N–H and O–H groups in total. The Hall–Kier alpha value is -5.13. The molecule has 0 atom stereocenters. The first-order valence-electron chi connectivity index (χ1n) is 14.9. The molecule has 0 fully saturated rings. The van der Waals surface area contributed by atoms with E-state index in [1.807, 2.05) is 48.5 Å². The normalized spacial score (nSPS) is 11.2. The van der Waals surface area contributed by atoms with Crippen molar-refractivity contribution in [2.24, 2.45) is 0 Å². The maximum Gasteiger partial charge on any atom is 0.206 e. The molecule has 0 bridgehead atoms. The largest absolute Gasteiger partial charge is 0.497 e. The molecular formula is C40H34O4S. The summed E-state index contributed by atoms with van der Waals surface area (Å²) in [5.74, 6) is 2.09. The molecule has 4 nitrogen and oxygen atoms in total. The molecular weight excluding hydrogens is 577 g/mol. The summed E-state index contributed by atoms with van der Waals surface area (Å²) < 4.78 is 37.9. The fourth-order valence-corrected chi connectivity index (χ4v) is 6.46. The van der Waals surface area contributed by atoms with Crippen molar-refractivity contribution in [3.63, 3.8) is 0 Å². The third-order valence-electron chi connectivity index (χ3n) is 7.84. The monoisotopic (exact) mass is 610 g/mol. The summed E-state index contributed by atoms with van der Waals surface area (Å²) in [5, 5.41) is 0. The highest BCUT2D eigenvalue weighted by Gasteiger charge is 2.18. The van der Waals surface area contributed by atoms with Gasteiger partial charge in [-0.2, -0.15) is 0 Å². The number of ether oxygens (including phenoxy) is 2. The lowest BCUT2D eigenvalue weighted by molar-refractivity contribution is 0.414. The summed E-state index contributed by atoms with van der Waals surface area (Å²) >= 11 is 0. The minimum Gasteiger partial charge on any atom is -0.497 e. The smallest absolute Gasteiger partial charge is 0.206 e. The highest BCUT2D eigenvalue weighted by molar-refractivity contribution is 7.91. The van der Waals surface area contributed by atoms with Gasteiger partial charge in [-0.1, -0.05) is 90.5 Å². The molecule has 0 heterocycles. The highest BCUT2D eigenvalue weighted by atomic mass is 32.2. The Morgan fingerprint density at radius 2 is 0.778 bits per heavy atom. The molecule has 6 aromatic rings. The van der Waals surface area contributed by atoms with Gasteiger partial charge in [0.05, 0.1) is 16.9 Å². The predicted octanol–water partition coefficient (Wildman–Crippen LogP) is 9.48. The Bertz CT molecular complexity index is 1960. The van der Waals surface area contributed by atoms with E-state index in [0.717, 1.165) is 35.3 Å². The molecule has 0 amide bonds. The first-order valence-corrected chi connectivity index (χ1v) is 16.3. The van der Waals surface area contributed by atoms with Crippen molar-refractivity contribution >= 4 is 9.84 Å². The van der Waals surface area contributed by atoms with E-state index >= 15 is 0 Å². The van der Waals surface area contributed by atoms with Crippen molar-refractivity contribution in [1.29, 1.82) is 0 Å². The third-order valence-corrected chi connectivity index (χ3v) is 9.63. The van der Waals surface area contributed by atoms with Gasteiger partial charge in [0.15, 0.2) is 0 Å². The summed E-state index contributed by atoms with van der Waals surface area (Å²) in [6.07, 6.45) is 1.68. The van der Waals surface area contributed by atoms with E-state index in [0.29, 0.717) is 11.5 Å². The summed E-state index contributed by atoms with van der Waals surface area (Å²) in [7, 11) is -2.02. The molecule has 0 aliphatic rings. The maximum atomic E-state index is 13.4. The average Bonchev–Trinajstić information content (AvgIpc) is 3.08. The van der Waals surface area contributed by atoms with Gasteiger partial charge in [-0.15, -0.1) is 0 Å². The number of aryl methyl sites for hydroxylation is 1. The first kappa shape index (κ1) is 29.9. The maximum absolute atomic E-state index is 13.4. The number of methoxy groups -OCH3 is 1. The van der Waals surface area contributed by atoms with Gasteiger partial charge in [0.25, 0.3) is 0 Å². The van der Waals surface area contributed by atoms with E-state index in [2.05, 4.69) is 67.6 Å². The lowest BCUT2D eigenvalue weighted by Gasteiger charge is -2.10. The van der Waals surface area contributed by atoms with Crippen LogP contribution in [-0.4, -0.2) is 15.5 Å². The molecule has 0 unspecified atom stereocenters. The van der Waals surface area contributed by atoms with Crippen LogP contribution in [0.25, 0.3) is 11.1 Å². The average molecular weight is 611 g/mol. The molecule has 6 aromatic carbocycles. The molecule has 0 aliphatic heterocycles. The van der Waals surface area contributed by atoms with E-state index in [-0.39, 0.29) is 9.79 Å². The summed E-state index contributed by atoms with van der Waals surface area (Å²) in [5.41, 5.74) is 8.13. The van der Waals surface area contributed by atoms with Crippen LogP contribution < -0.4 is 9.47 Å². The Morgan fingerprint density at radius 3 is 1.22 bits per heavy atom. The van der Waals surface area contributed by atoms with E-state index in [4.69, 9.17) is 9.47 Å². The zero-order chi connectivity index (χ0) is 31.2. The van der Waals surface area contributed by atoms with Gasteiger partial charge < -0.3 is 9.47 Å². The van der Waals surface area contributed by atoms with Crippen molar-refractivity contribution in [3.05, 3.63) is 173 Å². The van der Waals surface area contributed by atoms with Gasteiger partial charge in [-0.25, -0.2) is 8.42 Å². The second kappa shape index (κ2) is 13.2. The van der Waals surface area contributed by atoms with Crippen molar-refractivity contribution in [2.45, 2.75) is 29.6 Å². The number of rotatable bonds is 10. The third kappa shape index (κ3) is 7.34. The van der Waals surface area contributed by atoms with Crippen molar-refractivity contribution < 1.29 is 17.9 Å². The molecule has 6 rings (SSSR count). The summed E-state index contributed by atoms with van der Waals surface area (Å²) in [4.78, 5) is 0.473. The topological polar surface area (TPSA) is 52.6 Å². The van der Waals surface area contributed by atoms with Crippen LogP contribution in [0, 0.1) is 6.92 Å². The molecule has 0 spiro atoms. The van der Waals surface area contributed by atoms with Crippen LogP contribution in [0.3, 0.4) is 0 Å². The number of sulfone groups is 1. The molecule has 0 aliphatic carbocycles. The Labute approximate surface area is 265 Å².